The number of sulfonamides is 1. The van der Waals surface area contributed by atoms with Gasteiger partial charge in [-0.2, -0.15) is 4.31 Å². The van der Waals surface area contributed by atoms with Gasteiger partial charge in [-0.05, 0) is 19.4 Å². The second kappa shape index (κ2) is 7.70. The number of carbonyl (C=O) groups is 2. The van der Waals surface area contributed by atoms with Crippen molar-refractivity contribution in [1.29, 1.82) is 0 Å². The van der Waals surface area contributed by atoms with Crippen LogP contribution in [0.3, 0.4) is 0 Å². The number of ketones is 1. The SMILES string of the molecule is CCCS(=O)(=O)N1CCN(CCCC(=O)C(=O)O)CC1. The lowest BCUT2D eigenvalue weighted by Gasteiger charge is -2.33. The Hall–Kier alpha value is -0.990. The normalized spacial score (nSPS) is 18.1. The summed E-state index contributed by atoms with van der Waals surface area (Å²) in [5.41, 5.74) is 0. The maximum Gasteiger partial charge on any atom is 0.372 e. The van der Waals surface area contributed by atoms with Crippen molar-refractivity contribution in [3.8, 4) is 0 Å². The molecular weight excluding hydrogens is 284 g/mol. The molecule has 7 nitrogen and oxygen atoms in total. The van der Waals surface area contributed by atoms with Gasteiger partial charge in [0, 0.05) is 32.6 Å². The van der Waals surface area contributed by atoms with Gasteiger partial charge >= 0.3 is 5.97 Å². The highest BCUT2D eigenvalue weighted by Crippen LogP contribution is 2.09. The van der Waals surface area contributed by atoms with Gasteiger partial charge in [0.05, 0.1) is 5.75 Å². The van der Waals surface area contributed by atoms with Crippen LogP contribution in [0.1, 0.15) is 26.2 Å². The van der Waals surface area contributed by atoms with Gasteiger partial charge in [-0.25, -0.2) is 13.2 Å². The molecule has 0 bridgehead atoms. The maximum absolute atomic E-state index is 11.9. The fourth-order valence-corrected chi connectivity index (χ4v) is 3.68. The van der Waals surface area contributed by atoms with Crippen LogP contribution in [0, 0.1) is 0 Å². The van der Waals surface area contributed by atoms with Crippen LogP contribution in [0.2, 0.25) is 0 Å². The Morgan fingerprint density at radius 2 is 1.75 bits per heavy atom. The first-order valence-corrected chi connectivity index (χ1v) is 8.44. The molecule has 1 saturated heterocycles. The third-order valence-corrected chi connectivity index (χ3v) is 5.38. The van der Waals surface area contributed by atoms with Gasteiger partial charge < -0.3 is 10.0 Å². The molecule has 0 aromatic rings. The number of carboxylic acid groups (broad SMARTS) is 1. The van der Waals surface area contributed by atoms with E-state index in [0.717, 1.165) is 0 Å². The smallest absolute Gasteiger partial charge is 0.372 e. The van der Waals surface area contributed by atoms with E-state index in [9.17, 15) is 18.0 Å². The number of rotatable bonds is 8. The Kier molecular flexibility index (Phi) is 6.57. The second-order valence-corrected chi connectivity index (χ2v) is 6.98. The van der Waals surface area contributed by atoms with E-state index in [1.165, 1.54) is 4.31 Å². The third kappa shape index (κ3) is 5.18. The van der Waals surface area contributed by atoms with E-state index in [2.05, 4.69) is 4.90 Å². The summed E-state index contributed by atoms with van der Waals surface area (Å²) in [5.74, 6) is -1.98. The standard InChI is InChI=1S/C12H22N2O5S/c1-2-10-20(18,19)14-8-6-13(7-9-14)5-3-4-11(15)12(16)17/h2-10H2,1H3,(H,16,17). The van der Waals surface area contributed by atoms with Crippen molar-refractivity contribution >= 4 is 21.8 Å². The summed E-state index contributed by atoms with van der Waals surface area (Å²) in [6, 6.07) is 0. The minimum absolute atomic E-state index is 0.0314. The zero-order chi connectivity index (χ0) is 15.2. The molecule has 0 aliphatic carbocycles. The van der Waals surface area contributed by atoms with Gasteiger partial charge in [0.15, 0.2) is 0 Å². The fourth-order valence-electron chi connectivity index (χ4n) is 2.19. The van der Waals surface area contributed by atoms with Crippen LogP contribution in [0.5, 0.6) is 0 Å². The van der Waals surface area contributed by atoms with Crippen LogP contribution >= 0.6 is 0 Å². The Morgan fingerprint density at radius 1 is 1.15 bits per heavy atom. The number of carbonyl (C=O) groups excluding carboxylic acids is 1. The predicted molar refractivity (Wildman–Crippen MR) is 74.0 cm³/mol. The zero-order valence-corrected chi connectivity index (χ0v) is 12.6. The predicted octanol–water partition coefficient (Wildman–Crippen LogP) is -0.222. The average molecular weight is 306 g/mol. The lowest BCUT2D eigenvalue weighted by Crippen LogP contribution is -2.49. The van der Waals surface area contributed by atoms with Crippen molar-refractivity contribution in [2.45, 2.75) is 26.2 Å². The molecule has 20 heavy (non-hydrogen) atoms. The van der Waals surface area contributed by atoms with Gasteiger partial charge in [-0.3, -0.25) is 4.79 Å². The summed E-state index contributed by atoms with van der Waals surface area (Å²) in [6.07, 6.45) is 1.14. The number of carboxylic acids is 1. The van der Waals surface area contributed by atoms with E-state index in [1.54, 1.807) is 0 Å². The Bertz CT molecular complexity index is 441. The van der Waals surface area contributed by atoms with Crippen LogP contribution in [0.4, 0.5) is 0 Å². The fraction of sp³-hybridized carbons (Fsp3) is 0.833. The van der Waals surface area contributed by atoms with Crippen molar-refractivity contribution < 1.29 is 23.1 Å². The second-order valence-electron chi connectivity index (χ2n) is 4.89. The molecule has 1 aliphatic heterocycles. The third-order valence-electron chi connectivity index (χ3n) is 3.30. The molecule has 0 saturated carbocycles. The van der Waals surface area contributed by atoms with Crippen molar-refractivity contribution in [3.63, 3.8) is 0 Å². The van der Waals surface area contributed by atoms with Gasteiger partial charge in [0.25, 0.3) is 0 Å². The van der Waals surface area contributed by atoms with E-state index in [4.69, 9.17) is 5.11 Å². The summed E-state index contributed by atoms with van der Waals surface area (Å²) in [6.45, 7) is 4.66. The first-order chi connectivity index (χ1) is 9.36. The van der Waals surface area contributed by atoms with E-state index >= 15 is 0 Å². The summed E-state index contributed by atoms with van der Waals surface area (Å²) in [7, 11) is -3.13. The van der Waals surface area contributed by atoms with E-state index in [1.807, 2.05) is 6.92 Å². The number of aliphatic carboxylic acids is 1. The Balaban J connectivity index is 2.29. The minimum atomic E-state index is -3.13. The minimum Gasteiger partial charge on any atom is -0.476 e. The number of piperazine rings is 1. The van der Waals surface area contributed by atoms with Crippen LogP contribution in [0.25, 0.3) is 0 Å². The highest BCUT2D eigenvalue weighted by atomic mass is 32.2. The molecular formula is C12H22N2O5S. The van der Waals surface area contributed by atoms with Gasteiger partial charge in [-0.15, -0.1) is 0 Å². The monoisotopic (exact) mass is 306 g/mol. The van der Waals surface area contributed by atoms with E-state index < -0.39 is 21.8 Å². The highest BCUT2D eigenvalue weighted by Gasteiger charge is 2.25. The molecule has 1 N–H and O–H groups in total. The topological polar surface area (TPSA) is 95.0 Å². The molecule has 1 rings (SSSR count). The summed E-state index contributed by atoms with van der Waals surface area (Å²) in [5, 5.41) is 8.46. The Morgan fingerprint density at radius 3 is 2.25 bits per heavy atom. The summed E-state index contributed by atoms with van der Waals surface area (Å²) < 4.78 is 25.2. The lowest BCUT2D eigenvalue weighted by atomic mass is 10.2. The molecule has 0 radical (unpaired) electrons. The molecule has 8 heteroatoms. The first kappa shape index (κ1) is 17.1. The van der Waals surface area contributed by atoms with Gasteiger partial charge in [0.1, 0.15) is 0 Å². The molecule has 0 unspecified atom stereocenters. The summed E-state index contributed by atoms with van der Waals surface area (Å²) in [4.78, 5) is 23.4. The van der Waals surface area contributed by atoms with Crippen LogP contribution < -0.4 is 0 Å². The van der Waals surface area contributed by atoms with Gasteiger partial charge in [-0.1, -0.05) is 6.92 Å². The highest BCUT2D eigenvalue weighted by molar-refractivity contribution is 7.89. The van der Waals surface area contributed by atoms with Crippen LogP contribution in [-0.2, 0) is 19.6 Å². The molecule has 0 aromatic carbocycles. The molecule has 1 heterocycles. The summed E-state index contributed by atoms with van der Waals surface area (Å²) >= 11 is 0. The average Bonchev–Trinajstić information content (AvgIpc) is 2.39. The lowest BCUT2D eigenvalue weighted by molar-refractivity contribution is -0.149. The zero-order valence-electron chi connectivity index (χ0n) is 11.7. The molecule has 1 fully saturated rings. The van der Waals surface area contributed by atoms with E-state index in [0.29, 0.717) is 45.6 Å². The first-order valence-electron chi connectivity index (χ1n) is 6.83. The van der Waals surface area contributed by atoms with Crippen molar-refractivity contribution in [3.05, 3.63) is 0 Å². The van der Waals surface area contributed by atoms with Gasteiger partial charge in [0.2, 0.25) is 15.8 Å². The van der Waals surface area contributed by atoms with Crippen LogP contribution in [0.15, 0.2) is 0 Å². The number of nitrogens with zero attached hydrogens (tertiary/aromatic N) is 2. The van der Waals surface area contributed by atoms with E-state index in [-0.39, 0.29) is 12.2 Å². The molecule has 116 valence electrons. The van der Waals surface area contributed by atoms with Crippen molar-refractivity contribution in [2.75, 3.05) is 38.5 Å². The molecule has 0 atom stereocenters. The number of hydrogen-bond donors (Lipinski definition) is 1. The number of hydrogen-bond acceptors (Lipinski definition) is 5. The number of Topliss-reactive ketones (excluding diaryl/α,β-unsaturated/α-hetero) is 1. The quantitative estimate of drug-likeness (QED) is 0.623. The molecule has 0 amide bonds. The van der Waals surface area contributed by atoms with Crippen molar-refractivity contribution in [1.82, 2.24) is 9.21 Å². The van der Waals surface area contributed by atoms with Crippen molar-refractivity contribution in [2.24, 2.45) is 0 Å². The molecule has 1 aliphatic rings. The van der Waals surface area contributed by atoms with Crippen LogP contribution in [-0.4, -0.2) is 73.0 Å². The molecule has 0 aromatic heterocycles. The maximum atomic E-state index is 11.9. The largest absolute Gasteiger partial charge is 0.476 e. The molecule has 0 spiro atoms. The Labute approximate surface area is 119 Å².